The summed E-state index contributed by atoms with van der Waals surface area (Å²) >= 11 is 0. The monoisotopic (exact) mass is 362 g/mol. The number of amides is 3. The van der Waals surface area contributed by atoms with Crippen molar-refractivity contribution in [2.45, 2.75) is 20.0 Å². The Kier molecular flexibility index (Phi) is 6.82. The minimum absolute atomic E-state index is 0.0219. The van der Waals surface area contributed by atoms with Crippen LogP contribution in [-0.4, -0.2) is 68.5 Å². The molecule has 0 spiro atoms. The van der Waals surface area contributed by atoms with E-state index in [0.717, 1.165) is 5.69 Å². The van der Waals surface area contributed by atoms with Crippen molar-refractivity contribution in [1.29, 1.82) is 0 Å². The van der Waals surface area contributed by atoms with Gasteiger partial charge in [-0.25, -0.2) is 0 Å². The Hall–Kier alpha value is -2.77. The van der Waals surface area contributed by atoms with Crippen LogP contribution < -0.4 is 20.3 Å². The Labute approximate surface area is 153 Å². The van der Waals surface area contributed by atoms with Gasteiger partial charge in [-0.1, -0.05) is 12.1 Å². The van der Waals surface area contributed by atoms with Crippen molar-refractivity contribution < 1.29 is 19.1 Å². The van der Waals surface area contributed by atoms with Gasteiger partial charge >= 0.3 is 0 Å². The average Bonchev–Trinajstić information content (AvgIpc) is 2.65. The van der Waals surface area contributed by atoms with Gasteiger partial charge in [-0.3, -0.25) is 14.4 Å². The van der Waals surface area contributed by atoms with Crippen molar-refractivity contribution >= 4 is 23.4 Å². The lowest BCUT2D eigenvalue weighted by Crippen LogP contribution is -2.52. The van der Waals surface area contributed by atoms with Gasteiger partial charge in [0, 0.05) is 20.1 Å². The maximum atomic E-state index is 12.7. The van der Waals surface area contributed by atoms with E-state index in [-0.39, 0.29) is 37.4 Å². The van der Waals surface area contributed by atoms with E-state index in [2.05, 4.69) is 10.6 Å². The van der Waals surface area contributed by atoms with E-state index in [0.29, 0.717) is 18.8 Å². The molecule has 1 aromatic carbocycles. The number of likely N-dealkylation sites (N-methyl/N-ethyl adjacent to an activating group) is 3. The van der Waals surface area contributed by atoms with E-state index in [4.69, 9.17) is 4.74 Å². The van der Waals surface area contributed by atoms with Gasteiger partial charge in [0.05, 0.1) is 25.3 Å². The number of nitrogens with zero attached hydrogens (tertiary/aromatic N) is 2. The maximum absolute atomic E-state index is 12.7. The predicted molar refractivity (Wildman–Crippen MR) is 98.1 cm³/mol. The molecule has 0 bridgehead atoms. The summed E-state index contributed by atoms with van der Waals surface area (Å²) < 4.78 is 5.74. The topological polar surface area (TPSA) is 91.0 Å². The van der Waals surface area contributed by atoms with Gasteiger partial charge in [-0.15, -0.1) is 0 Å². The van der Waals surface area contributed by atoms with Crippen LogP contribution in [0.25, 0.3) is 0 Å². The first-order chi connectivity index (χ1) is 12.5. The van der Waals surface area contributed by atoms with Crippen molar-refractivity contribution in [3.8, 4) is 5.75 Å². The lowest BCUT2D eigenvalue weighted by Gasteiger charge is -2.36. The first-order valence-electron chi connectivity index (χ1n) is 8.76. The number of carbonyl (C=O) groups is 3. The summed E-state index contributed by atoms with van der Waals surface area (Å²) in [6, 6.07) is 7.29. The van der Waals surface area contributed by atoms with E-state index in [1.165, 1.54) is 4.90 Å². The fraction of sp³-hybridized carbons (Fsp3) is 0.500. The highest BCUT2D eigenvalue weighted by Crippen LogP contribution is 2.32. The molecule has 0 saturated carbocycles. The molecule has 1 aromatic rings. The standard InChI is InChI=1S/C18H26N4O4/c1-4-20-16(23)11-21(5-2)17(24)12-22-10-15(18(25)19-3)26-14-9-7-6-8-13(14)22/h6-9,15H,4-5,10-12H2,1-3H3,(H,19,25)(H,20,23)/t15-/m1/s1. The Balaban J connectivity index is 2.14. The fourth-order valence-electron chi connectivity index (χ4n) is 2.82. The first kappa shape index (κ1) is 19.6. The number of ether oxygens (including phenoxy) is 1. The SMILES string of the molecule is CCNC(=O)CN(CC)C(=O)CN1C[C@H](C(=O)NC)Oc2ccccc21. The number of carbonyl (C=O) groups excluding carboxylic acids is 3. The van der Waals surface area contributed by atoms with Gasteiger partial charge < -0.3 is 25.2 Å². The number of benzene rings is 1. The lowest BCUT2D eigenvalue weighted by molar-refractivity contribution is -0.135. The van der Waals surface area contributed by atoms with E-state index in [9.17, 15) is 14.4 Å². The average molecular weight is 362 g/mol. The van der Waals surface area contributed by atoms with Gasteiger partial charge in [0.1, 0.15) is 5.75 Å². The summed E-state index contributed by atoms with van der Waals surface area (Å²) in [5.41, 5.74) is 0.759. The predicted octanol–water partition coefficient (Wildman–Crippen LogP) is -0.0154. The van der Waals surface area contributed by atoms with Crippen LogP contribution in [-0.2, 0) is 14.4 Å². The zero-order valence-corrected chi connectivity index (χ0v) is 15.4. The molecule has 0 fully saturated rings. The fourth-order valence-corrected chi connectivity index (χ4v) is 2.82. The molecular formula is C18H26N4O4. The number of nitrogens with one attached hydrogen (secondary N) is 2. The molecule has 3 amide bonds. The number of anilines is 1. The van der Waals surface area contributed by atoms with Crippen LogP contribution in [0.15, 0.2) is 24.3 Å². The highest BCUT2D eigenvalue weighted by Gasteiger charge is 2.31. The second kappa shape index (κ2) is 9.07. The Morgan fingerprint density at radius 2 is 2.00 bits per heavy atom. The smallest absolute Gasteiger partial charge is 0.262 e. The quantitative estimate of drug-likeness (QED) is 0.712. The van der Waals surface area contributed by atoms with Gasteiger partial charge in [0.15, 0.2) is 6.10 Å². The first-order valence-corrected chi connectivity index (χ1v) is 8.76. The molecule has 142 valence electrons. The minimum atomic E-state index is -0.693. The lowest BCUT2D eigenvalue weighted by atomic mass is 10.1. The number of hydrogen-bond donors (Lipinski definition) is 2. The van der Waals surface area contributed by atoms with Gasteiger partial charge in [0.2, 0.25) is 11.8 Å². The van der Waals surface area contributed by atoms with E-state index >= 15 is 0 Å². The third-order valence-corrected chi connectivity index (χ3v) is 4.17. The molecule has 1 atom stereocenters. The van der Waals surface area contributed by atoms with E-state index in [1.807, 2.05) is 36.9 Å². The summed E-state index contributed by atoms with van der Waals surface area (Å²) in [6.45, 7) is 4.98. The molecule has 0 saturated heterocycles. The Bertz CT molecular complexity index is 664. The number of fused-ring (bicyclic) bond motifs is 1. The van der Waals surface area contributed by atoms with E-state index < -0.39 is 6.10 Å². The van der Waals surface area contributed by atoms with Crippen molar-refractivity contribution in [2.24, 2.45) is 0 Å². The molecule has 2 N–H and O–H groups in total. The molecule has 8 heteroatoms. The van der Waals surface area contributed by atoms with Gasteiger partial charge in [-0.2, -0.15) is 0 Å². The van der Waals surface area contributed by atoms with Crippen LogP contribution in [0, 0.1) is 0 Å². The zero-order chi connectivity index (χ0) is 19.1. The molecule has 0 unspecified atom stereocenters. The second-order valence-electron chi connectivity index (χ2n) is 5.93. The molecule has 26 heavy (non-hydrogen) atoms. The van der Waals surface area contributed by atoms with Crippen molar-refractivity contribution in [2.75, 3.05) is 44.7 Å². The Morgan fingerprint density at radius 1 is 1.27 bits per heavy atom. The summed E-state index contributed by atoms with van der Waals surface area (Å²) in [7, 11) is 1.55. The molecule has 1 aliphatic rings. The van der Waals surface area contributed by atoms with Crippen LogP contribution in [0.1, 0.15) is 13.8 Å². The van der Waals surface area contributed by atoms with Crippen molar-refractivity contribution in [3.05, 3.63) is 24.3 Å². The highest BCUT2D eigenvalue weighted by molar-refractivity contribution is 5.88. The zero-order valence-electron chi connectivity index (χ0n) is 15.4. The third-order valence-electron chi connectivity index (χ3n) is 4.17. The second-order valence-corrected chi connectivity index (χ2v) is 5.93. The third kappa shape index (κ3) is 4.65. The molecule has 2 rings (SSSR count). The van der Waals surface area contributed by atoms with Crippen molar-refractivity contribution in [1.82, 2.24) is 15.5 Å². The molecule has 0 aromatic heterocycles. The molecule has 1 aliphatic heterocycles. The summed E-state index contributed by atoms with van der Waals surface area (Å²) in [6.07, 6.45) is -0.693. The van der Waals surface area contributed by atoms with Crippen molar-refractivity contribution in [3.63, 3.8) is 0 Å². The molecule has 0 radical (unpaired) electrons. The summed E-state index contributed by atoms with van der Waals surface area (Å²) in [5.74, 6) is -0.0435. The highest BCUT2D eigenvalue weighted by atomic mass is 16.5. The Morgan fingerprint density at radius 3 is 2.65 bits per heavy atom. The van der Waals surface area contributed by atoms with Gasteiger partial charge in [0.25, 0.3) is 5.91 Å². The maximum Gasteiger partial charge on any atom is 0.262 e. The van der Waals surface area contributed by atoms with Crippen LogP contribution >= 0.6 is 0 Å². The molecule has 8 nitrogen and oxygen atoms in total. The van der Waals surface area contributed by atoms with Crippen LogP contribution in [0.4, 0.5) is 5.69 Å². The van der Waals surface area contributed by atoms with Crippen LogP contribution in [0.5, 0.6) is 5.75 Å². The summed E-state index contributed by atoms with van der Waals surface area (Å²) in [5, 5.41) is 5.27. The number of para-hydroxylation sites is 2. The van der Waals surface area contributed by atoms with Crippen LogP contribution in [0.2, 0.25) is 0 Å². The van der Waals surface area contributed by atoms with Gasteiger partial charge in [-0.05, 0) is 26.0 Å². The number of hydrogen-bond acceptors (Lipinski definition) is 5. The van der Waals surface area contributed by atoms with Crippen LogP contribution in [0.3, 0.4) is 0 Å². The molecular weight excluding hydrogens is 336 g/mol. The normalized spacial score (nSPS) is 15.5. The minimum Gasteiger partial charge on any atom is -0.477 e. The molecule has 1 heterocycles. The molecule has 0 aliphatic carbocycles. The van der Waals surface area contributed by atoms with E-state index in [1.54, 1.807) is 13.1 Å². The number of rotatable bonds is 7. The largest absolute Gasteiger partial charge is 0.477 e. The summed E-state index contributed by atoms with van der Waals surface area (Å²) in [4.78, 5) is 39.8.